The number of benzene rings is 2. The summed E-state index contributed by atoms with van der Waals surface area (Å²) in [7, 11) is 0. The summed E-state index contributed by atoms with van der Waals surface area (Å²) in [6, 6.07) is 15.9. The lowest BCUT2D eigenvalue weighted by atomic mass is 10.1. The molecule has 1 fully saturated rings. The van der Waals surface area contributed by atoms with Crippen molar-refractivity contribution in [3.05, 3.63) is 70.8 Å². The van der Waals surface area contributed by atoms with Crippen molar-refractivity contribution in [1.29, 1.82) is 0 Å². The van der Waals surface area contributed by atoms with Gasteiger partial charge in [0.05, 0.1) is 0 Å². The maximum absolute atomic E-state index is 11.9. The molecule has 0 aromatic heterocycles. The maximum Gasteiger partial charge on any atom is 0.244 e. The van der Waals surface area contributed by atoms with Crippen LogP contribution in [0.3, 0.4) is 0 Å². The lowest BCUT2D eigenvalue weighted by Gasteiger charge is -2.28. The van der Waals surface area contributed by atoms with Gasteiger partial charge in [-0.3, -0.25) is 4.79 Å². The third-order valence-corrected chi connectivity index (χ3v) is 4.67. The van der Waals surface area contributed by atoms with Crippen LogP contribution in [0, 0.1) is 0 Å². The van der Waals surface area contributed by atoms with E-state index in [1.54, 1.807) is 12.2 Å². The van der Waals surface area contributed by atoms with E-state index >= 15 is 0 Å². The number of anilines is 1. The number of nitrogens with one attached hydrogen (secondary N) is 1. The zero-order valence-corrected chi connectivity index (χ0v) is 15.0. The van der Waals surface area contributed by atoms with Gasteiger partial charge in [0.1, 0.15) is 0 Å². The second-order valence-electron chi connectivity index (χ2n) is 6.32. The number of nitrogens with zero attached hydrogens (tertiary/aromatic N) is 1. The molecule has 0 radical (unpaired) electrons. The molecular weight excluding hydrogens is 332 g/mol. The summed E-state index contributed by atoms with van der Waals surface area (Å²) in [4.78, 5) is 14.4. The van der Waals surface area contributed by atoms with Crippen LogP contribution in [0.5, 0.6) is 0 Å². The number of hydrogen-bond acceptors (Lipinski definition) is 2. The Kier molecular flexibility index (Phi) is 6.13. The first-order valence-corrected chi connectivity index (χ1v) is 9.14. The summed E-state index contributed by atoms with van der Waals surface area (Å²) < 4.78 is 0. The van der Waals surface area contributed by atoms with Crippen molar-refractivity contribution in [3.63, 3.8) is 0 Å². The number of carbonyl (C=O) groups is 1. The highest BCUT2D eigenvalue weighted by atomic mass is 35.5. The topological polar surface area (TPSA) is 32.3 Å². The van der Waals surface area contributed by atoms with Crippen molar-refractivity contribution in [2.75, 3.05) is 18.0 Å². The molecule has 1 saturated heterocycles. The SMILES string of the molecule is O=C(/C=C/c1ccc(Cl)cc1)NCc1ccc(N2CCCCC2)cc1. The number of halogens is 1. The molecule has 1 amide bonds. The summed E-state index contributed by atoms with van der Waals surface area (Å²) in [6.07, 6.45) is 7.22. The fraction of sp³-hybridized carbons (Fsp3) is 0.286. The molecule has 0 bridgehead atoms. The van der Waals surface area contributed by atoms with Crippen LogP contribution in [0.25, 0.3) is 6.08 Å². The second kappa shape index (κ2) is 8.72. The lowest BCUT2D eigenvalue weighted by Crippen LogP contribution is -2.29. The first kappa shape index (κ1) is 17.6. The predicted molar refractivity (Wildman–Crippen MR) is 105 cm³/mol. The van der Waals surface area contributed by atoms with Gasteiger partial charge < -0.3 is 10.2 Å². The van der Waals surface area contributed by atoms with Gasteiger partial charge in [-0.2, -0.15) is 0 Å². The average molecular weight is 355 g/mol. The monoisotopic (exact) mass is 354 g/mol. The Bertz CT molecular complexity index is 717. The molecule has 3 rings (SSSR count). The maximum atomic E-state index is 11.9. The van der Waals surface area contributed by atoms with E-state index in [-0.39, 0.29) is 5.91 Å². The molecule has 1 heterocycles. The number of carbonyl (C=O) groups excluding carboxylic acids is 1. The molecule has 2 aromatic rings. The summed E-state index contributed by atoms with van der Waals surface area (Å²) in [5, 5.41) is 3.60. The zero-order chi connectivity index (χ0) is 17.5. The van der Waals surface area contributed by atoms with Crippen molar-refractivity contribution in [1.82, 2.24) is 5.32 Å². The van der Waals surface area contributed by atoms with E-state index in [9.17, 15) is 4.79 Å². The molecule has 1 aliphatic rings. The van der Waals surface area contributed by atoms with Gasteiger partial charge in [0.2, 0.25) is 5.91 Å². The lowest BCUT2D eigenvalue weighted by molar-refractivity contribution is -0.116. The Morgan fingerprint density at radius 1 is 1.00 bits per heavy atom. The minimum atomic E-state index is -0.102. The van der Waals surface area contributed by atoms with E-state index in [0.29, 0.717) is 11.6 Å². The third-order valence-electron chi connectivity index (χ3n) is 4.42. The highest BCUT2D eigenvalue weighted by molar-refractivity contribution is 6.30. The Labute approximate surface area is 154 Å². The van der Waals surface area contributed by atoms with Gasteiger partial charge in [-0.05, 0) is 60.7 Å². The number of rotatable bonds is 5. The molecule has 0 aliphatic carbocycles. The smallest absolute Gasteiger partial charge is 0.244 e. The van der Waals surface area contributed by atoms with E-state index in [1.165, 1.54) is 24.9 Å². The summed E-state index contributed by atoms with van der Waals surface area (Å²) in [5.74, 6) is -0.102. The van der Waals surface area contributed by atoms with Crippen LogP contribution in [0.1, 0.15) is 30.4 Å². The van der Waals surface area contributed by atoms with E-state index < -0.39 is 0 Å². The first-order valence-electron chi connectivity index (χ1n) is 8.76. The van der Waals surface area contributed by atoms with E-state index in [1.807, 2.05) is 24.3 Å². The fourth-order valence-electron chi connectivity index (χ4n) is 2.97. The van der Waals surface area contributed by atoms with Crippen LogP contribution < -0.4 is 10.2 Å². The molecule has 1 aliphatic heterocycles. The highest BCUT2D eigenvalue weighted by Gasteiger charge is 2.10. The van der Waals surface area contributed by atoms with Gasteiger partial charge in [0.15, 0.2) is 0 Å². The van der Waals surface area contributed by atoms with Gasteiger partial charge in [-0.1, -0.05) is 35.9 Å². The van der Waals surface area contributed by atoms with Gasteiger partial charge in [0.25, 0.3) is 0 Å². The predicted octanol–water partition coefficient (Wildman–Crippen LogP) is 4.66. The molecule has 3 nitrogen and oxygen atoms in total. The van der Waals surface area contributed by atoms with Crippen molar-refractivity contribution < 1.29 is 4.79 Å². The molecule has 4 heteroatoms. The molecule has 0 unspecified atom stereocenters. The number of amides is 1. The zero-order valence-electron chi connectivity index (χ0n) is 14.2. The van der Waals surface area contributed by atoms with E-state index in [2.05, 4.69) is 34.5 Å². The van der Waals surface area contributed by atoms with Gasteiger partial charge in [0, 0.05) is 36.4 Å². The average Bonchev–Trinajstić information content (AvgIpc) is 2.67. The van der Waals surface area contributed by atoms with Crippen LogP contribution in [0.15, 0.2) is 54.6 Å². The van der Waals surface area contributed by atoms with Crippen LogP contribution in [-0.4, -0.2) is 19.0 Å². The third kappa shape index (κ3) is 5.36. The van der Waals surface area contributed by atoms with Crippen LogP contribution >= 0.6 is 11.6 Å². The Balaban J connectivity index is 1.49. The first-order chi connectivity index (χ1) is 12.2. The minimum Gasteiger partial charge on any atom is -0.372 e. The molecule has 2 aromatic carbocycles. The number of piperidine rings is 1. The fourth-order valence-corrected chi connectivity index (χ4v) is 3.10. The Morgan fingerprint density at radius 3 is 2.36 bits per heavy atom. The highest BCUT2D eigenvalue weighted by Crippen LogP contribution is 2.20. The molecule has 0 atom stereocenters. The van der Waals surface area contributed by atoms with Gasteiger partial charge >= 0.3 is 0 Å². The largest absolute Gasteiger partial charge is 0.372 e. The van der Waals surface area contributed by atoms with Crippen LogP contribution in [0.4, 0.5) is 5.69 Å². The molecule has 0 spiro atoms. The van der Waals surface area contributed by atoms with Crippen molar-refractivity contribution in [2.24, 2.45) is 0 Å². The normalized spacial score (nSPS) is 14.7. The van der Waals surface area contributed by atoms with Gasteiger partial charge in [-0.25, -0.2) is 0 Å². The molecular formula is C21H23ClN2O. The van der Waals surface area contributed by atoms with Crippen molar-refractivity contribution >= 4 is 29.3 Å². The van der Waals surface area contributed by atoms with Crippen LogP contribution in [-0.2, 0) is 11.3 Å². The Morgan fingerprint density at radius 2 is 1.68 bits per heavy atom. The standard InChI is InChI=1S/C21H23ClN2O/c22-19-9-4-17(5-10-19)8-13-21(25)23-16-18-6-11-20(12-7-18)24-14-2-1-3-15-24/h4-13H,1-3,14-16H2,(H,23,25)/b13-8+. The van der Waals surface area contributed by atoms with Crippen molar-refractivity contribution in [2.45, 2.75) is 25.8 Å². The second-order valence-corrected chi connectivity index (χ2v) is 6.75. The van der Waals surface area contributed by atoms with E-state index in [0.717, 1.165) is 24.2 Å². The summed E-state index contributed by atoms with van der Waals surface area (Å²) >= 11 is 5.85. The molecule has 130 valence electrons. The number of hydrogen-bond donors (Lipinski definition) is 1. The van der Waals surface area contributed by atoms with Gasteiger partial charge in [-0.15, -0.1) is 0 Å². The van der Waals surface area contributed by atoms with Crippen molar-refractivity contribution in [3.8, 4) is 0 Å². The molecule has 0 saturated carbocycles. The summed E-state index contributed by atoms with van der Waals surface area (Å²) in [6.45, 7) is 2.82. The quantitative estimate of drug-likeness (QED) is 0.792. The minimum absolute atomic E-state index is 0.102. The Hall–Kier alpha value is -2.26. The molecule has 25 heavy (non-hydrogen) atoms. The van der Waals surface area contributed by atoms with E-state index in [4.69, 9.17) is 11.6 Å². The van der Waals surface area contributed by atoms with Crippen LogP contribution in [0.2, 0.25) is 5.02 Å². The molecule has 1 N–H and O–H groups in total. The summed E-state index contributed by atoms with van der Waals surface area (Å²) in [5.41, 5.74) is 3.33.